The van der Waals surface area contributed by atoms with E-state index < -0.39 is 0 Å². The van der Waals surface area contributed by atoms with Crippen molar-refractivity contribution in [3.8, 4) is 0 Å². The first-order valence-electron chi connectivity index (χ1n) is 11.7. The maximum absolute atomic E-state index is 11.6. The van der Waals surface area contributed by atoms with Crippen molar-refractivity contribution in [3.05, 3.63) is 24.3 Å². The summed E-state index contributed by atoms with van der Waals surface area (Å²) in [6.07, 6.45) is 25.5. The van der Waals surface area contributed by atoms with E-state index in [9.17, 15) is 4.79 Å². The van der Waals surface area contributed by atoms with Crippen LogP contribution >= 0.6 is 0 Å². The summed E-state index contributed by atoms with van der Waals surface area (Å²) in [5, 5.41) is 0. The van der Waals surface area contributed by atoms with Gasteiger partial charge in [-0.2, -0.15) is 0 Å². The number of esters is 1. The molecular weight excluding hydrogens is 346 g/mol. The zero-order chi connectivity index (χ0) is 20.9. The third-order valence-electron chi connectivity index (χ3n) is 4.82. The second kappa shape index (κ2) is 19.2. The van der Waals surface area contributed by atoms with Gasteiger partial charge in [-0.25, -0.2) is 0 Å². The van der Waals surface area contributed by atoms with Crippen LogP contribution in [0.1, 0.15) is 96.8 Å². The molecule has 0 atom stereocenters. The molecule has 0 aromatic heterocycles. The van der Waals surface area contributed by atoms with Gasteiger partial charge in [-0.05, 0) is 38.5 Å². The third kappa shape index (κ3) is 23.0. The molecule has 0 radical (unpaired) electrons. The summed E-state index contributed by atoms with van der Waals surface area (Å²) in [6.45, 7) is 3.86. The number of hydrogen-bond donors (Lipinski definition) is 0. The molecule has 0 N–H and O–H groups in total. The van der Waals surface area contributed by atoms with Crippen LogP contribution in [0.5, 0.6) is 0 Å². The largest absolute Gasteiger partial charge is 0.466 e. The number of carbonyl (C=O) groups excluding carboxylic acids is 1. The molecule has 0 spiro atoms. The Kier molecular flexibility index (Phi) is 18.5. The summed E-state index contributed by atoms with van der Waals surface area (Å²) in [4.78, 5) is 11.6. The molecule has 0 bridgehead atoms. The van der Waals surface area contributed by atoms with Gasteiger partial charge in [0.2, 0.25) is 0 Å². The van der Waals surface area contributed by atoms with Gasteiger partial charge in [-0.15, -0.1) is 0 Å². The summed E-state index contributed by atoms with van der Waals surface area (Å²) >= 11 is 0. The lowest BCUT2D eigenvalue weighted by molar-refractivity contribution is -0.870. The maximum Gasteiger partial charge on any atom is 0.306 e. The lowest BCUT2D eigenvalue weighted by Gasteiger charge is -2.23. The standard InChI is InChI=1S/C25H48NO2/c1-5-6-7-8-9-10-11-12-13-14-15-16-17-18-19-20-24-28-25(27)22-21-23-26(2,3)4/h9-10,12-13H,5-8,11,14-24H2,1-4H3/q+1/b10-9+,13-12+. The molecule has 0 aliphatic carbocycles. The first kappa shape index (κ1) is 26.9. The molecule has 0 amide bonds. The number of ether oxygens (including phenoxy) is 1. The van der Waals surface area contributed by atoms with Crippen LogP contribution in [0.2, 0.25) is 0 Å². The molecule has 0 unspecified atom stereocenters. The quantitative estimate of drug-likeness (QED) is 0.104. The fourth-order valence-corrected chi connectivity index (χ4v) is 3.05. The normalized spacial score (nSPS) is 12.3. The second-order valence-corrected chi connectivity index (χ2v) is 8.92. The van der Waals surface area contributed by atoms with Gasteiger partial charge in [-0.3, -0.25) is 4.79 Å². The van der Waals surface area contributed by atoms with Gasteiger partial charge < -0.3 is 9.22 Å². The Bertz CT molecular complexity index is 407. The van der Waals surface area contributed by atoms with Crippen molar-refractivity contribution in [3.63, 3.8) is 0 Å². The van der Waals surface area contributed by atoms with Crippen LogP contribution in [0.25, 0.3) is 0 Å². The minimum atomic E-state index is -0.0314. The molecule has 3 nitrogen and oxygen atoms in total. The predicted molar refractivity (Wildman–Crippen MR) is 122 cm³/mol. The lowest BCUT2D eigenvalue weighted by Crippen LogP contribution is -2.35. The van der Waals surface area contributed by atoms with Crippen molar-refractivity contribution in [2.24, 2.45) is 0 Å². The summed E-state index contributed by atoms with van der Waals surface area (Å²) < 4.78 is 6.22. The second-order valence-electron chi connectivity index (χ2n) is 8.92. The van der Waals surface area contributed by atoms with E-state index in [4.69, 9.17) is 4.74 Å². The Balaban J connectivity index is 3.29. The molecule has 0 saturated heterocycles. The molecule has 28 heavy (non-hydrogen) atoms. The van der Waals surface area contributed by atoms with Crippen molar-refractivity contribution in [2.45, 2.75) is 96.8 Å². The molecule has 0 aromatic carbocycles. The van der Waals surface area contributed by atoms with E-state index in [2.05, 4.69) is 52.4 Å². The van der Waals surface area contributed by atoms with E-state index in [-0.39, 0.29) is 5.97 Å². The van der Waals surface area contributed by atoms with E-state index in [0.29, 0.717) is 13.0 Å². The van der Waals surface area contributed by atoms with Crippen LogP contribution in [-0.2, 0) is 9.53 Å². The molecular formula is C25H48NO2+. The average molecular weight is 395 g/mol. The summed E-state index contributed by atoms with van der Waals surface area (Å²) in [5.41, 5.74) is 0. The number of rotatable bonds is 19. The number of unbranched alkanes of at least 4 members (excludes halogenated alkanes) is 9. The lowest BCUT2D eigenvalue weighted by atomic mass is 10.1. The Morgan fingerprint density at radius 1 is 0.750 bits per heavy atom. The van der Waals surface area contributed by atoms with Gasteiger partial charge in [0.1, 0.15) is 0 Å². The highest BCUT2D eigenvalue weighted by atomic mass is 16.5. The fraction of sp³-hybridized carbons (Fsp3) is 0.800. The Morgan fingerprint density at radius 2 is 1.32 bits per heavy atom. The van der Waals surface area contributed by atoms with Gasteiger partial charge in [0.25, 0.3) is 0 Å². The molecule has 0 aromatic rings. The highest BCUT2D eigenvalue weighted by molar-refractivity contribution is 5.69. The minimum absolute atomic E-state index is 0.0314. The van der Waals surface area contributed by atoms with E-state index in [1.165, 1.54) is 64.2 Å². The van der Waals surface area contributed by atoms with Crippen molar-refractivity contribution < 1.29 is 14.0 Å². The van der Waals surface area contributed by atoms with Gasteiger partial charge >= 0.3 is 5.97 Å². The SMILES string of the molecule is CCCCC/C=C/C/C=C/CCCCCCCCOC(=O)CCC[N+](C)(C)C. The highest BCUT2D eigenvalue weighted by Crippen LogP contribution is 2.08. The first-order chi connectivity index (χ1) is 13.5. The first-order valence-corrected chi connectivity index (χ1v) is 11.7. The van der Waals surface area contributed by atoms with Crippen molar-refractivity contribution in [1.29, 1.82) is 0 Å². The monoisotopic (exact) mass is 394 g/mol. The smallest absolute Gasteiger partial charge is 0.306 e. The van der Waals surface area contributed by atoms with Crippen molar-refractivity contribution in [2.75, 3.05) is 34.3 Å². The van der Waals surface area contributed by atoms with E-state index in [1.807, 2.05) is 0 Å². The van der Waals surface area contributed by atoms with Gasteiger partial charge in [0.15, 0.2) is 0 Å². The molecule has 0 aliphatic rings. The summed E-state index contributed by atoms with van der Waals surface area (Å²) in [5.74, 6) is -0.0314. The van der Waals surface area contributed by atoms with Gasteiger partial charge in [-0.1, -0.05) is 69.8 Å². The zero-order valence-corrected chi connectivity index (χ0v) is 19.4. The zero-order valence-electron chi connectivity index (χ0n) is 19.4. The molecule has 0 saturated carbocycles. The van der Waals surface area contributed by atoms with E-state index in [0.717, 1.165) is 30.3 Å². The van der Waals surface area contributed by atoms with Crippen LogP contribution in [-0.4, -0.2) is 44.7 Å². The van der Waals surface area contributed by atoms with Gasteiger partial charge in [0.05, 0.1) is 40.7 Å². The van der Waals surface area contributed by atoms with Crippen molar-refractivity contribution in [1.82, 2.24) is 0 Å². The average Bonchev–Trinajstić information content (AvgIpc) is 2.63. The fourth-order valence-electron chi connectivity index (χ4n) is 3.05. The number of nitrogens with zero attached hydrogens (tertiary/aromatic N) is 1. The summed E-state index contributed by atoms with van der Waals surface area (Å²) in [6, 6.07) is 0. The highest BCUT2D eigenvalue weighted by Gasteiger charge is 2.09. The third-order valence-corrected chi connectivity index (χ3v) is 4.82. The molecule has 0 fully saturated rings. The molecule has 0 rings (SSSR count). The van der Waals surface area contributed by atoms with Crippen LogP contribution in [0.4, 0.5) is 0 Å². The number of carbonyl (C=O) groups is 1. The number of allylic oxidation sites excluding steroid dienone is 4. The number of hydrogen-bond acceptors (Lipinski definition) is 2. The van der Waals surface area contributed by atoms with Crippen LogP contribution in [0.15, 0.2) is 24.3 Å². The van der Waals surface area contributed by atoms with Crippen LogP contribution < -0.4 is 0 Å². The van der Waals surface area contributed by atoms with Crippen LogP contribution in [0.3, 0.4) is 0 Å². The predicted octanol–water partition coefficient (Wildman–Crippen LogP) is 6.83. The maximum atomic E-state index is 11.6. The molecule has 164 valence electrons. The van der Waals surface area contributed by atoms with Gasteiger partial charge in [0, 0.05) is 6.42 Å². The summed E-state index contributed by atoms with van der Waals surface area (Å²) in [7, 11) is 6.44. The Hall–Kier alpha value is -1.09. The molecule has 0 heterocycles. The van der Waals surface area contributed by atoms with Crippen LogP contribution in [0, 0.1) is 0 Å². The Labute approximate surface area is 175 Å². The Morgan fingerprint density at radius 3 is 1.93 bits per heavy atom. The topological polar surface area (TPSA) is 26.3 Å². The molecule has 3 heteroatoms. The molecule has 0 aliphatic heterocycles. The van der Waals surface area contributed by atoms with E-state index >= 15 is 0 Å². The van der Waals surface area contributed by atoms with Crippen molar-refractivity contribution >= 4 is 5.97 Å². The minimum Gasteiger partial charge on any atom is -0.466 e. The number of quaternary nitrogens is 1. The van der Waals surface area contributed by atoms with E-state index in [1.54, 1.807) is 0 Å².